The zero-order chi connectivity index (χ0) is 23.1. The van der Waals surface area contributed by atoms with Crippen LogP contribution in [0.15, 0.2) is 63.6 Å². The van der Waals surface area contributed by atoms with Crippen LogP contribution in [0.5, 0.6) is 5.75 Å². The van der Waals surface area contributed by atoms with Crippen LogP contribution in [-0.2, 0) is 9.59 Å². The summed E-state index contributed by atoms with van der Waals surface area (Å²) in [6.45, 7) is 2.23. The van der Waals surface area contributed by atoms with Crippen LogP contribution in [0, 0.1) is 28.6 Å². The van der Waals surface area contributed by atoms with Gasteiger partial charge in [0, 0.05) is 15.7 Å². The molecule has 32 heavy (non-hydrogen) atoms. The minimum absolute atomic E-state index is 0.0199. The van der Waals surface area contributed by atoms with Crippen LogP contribution in [0.3, 0.4) is 0 Å². The van der Waals surface area contributed by atoms with Gasteiger partial charge in [0.1, 0.15) is 11.7 Å². The van der Waals surface area contributed by atoms with Crippen molar-refractivity contribution in [2.24, 2.45) is 5.92 Å². The summed E-state index contributed by atoms with van der Waals surface area (Å²) < 4.78 is 6.56. The molecule has 3 rings (SSSR count). The largest absolute Gasteiger partial charge is 0.494 e. The number of ether oxygens (including phenoxy) is 1. The summed E-state index contributed by atoms with van der Waals surface area (Å²) in [5.41, 5.74) is 1.45. The van der Waals surface area contributed by atoms with E-state index in [2.05, 4.69) is 32.6 Å². The van der Waals surface area contributed by atoms with Crippen LogP contribution >= 0.6 is 27.7 Å². The Balaban J connectivity index is 1.88. The van der Waals surface area contributed by atoms with E-state index in [1.807, 2.05) is 25.1 Å². The van der Waals surface area contributed by atoms with Gasteiger partial charge in [-0.05, 0) is 37.3 Å². The Morgan fingerprint density at radius 3 is 2.59 bits per heavy atom. The number of thioether (sulfide) groups is 1. The Morgan fingerprint density at radius 2 is 1.94 bits per heavy atom. The molecule has 0 fully saturated rings. The van der Waals surface area contributed by atoms with Crippen molar-refractivity contribution < 1.29 is 14.3 Å². The van der Waals surface area contributed by atoms with E-state index in [4.69, 9.17) is 4.74 Å². The number of para-hydroxylation sites is 1. The molecule has 0 saturated heterocycles. The van der Waals surface area contributed by atoms with Crippen molar-refractivity contribution in [2.45, 2.75) is 12.8 Å². The maximum atomic E-state index is 12.7. The van der Waals surface area contributed by atoms with Crippen molar-refractivity contribution in [3.63, 3.8) is 0 Å². The van der Waals surface area contributed by atoms with Gasteiger partial charge in [0.25, 0.3) is 0 Å². The number of hydrogen-bond donors (Lipinski definition) is 2. The summed E-state index contributed by atoms with van der Waals surface area (Å²) in [5, 5.41) is 25.2. The van der Waals surface area contributed by atoms with Crippen LogP contribution < -0.4 is 15.4 Å². The molecule has 7 nitrogen and oxygen atoms in total. The van der Waals surface area contributed by atoms with Crippen molar-refractivity contribution in [2.75, 3.05) is 17.7 Å². The number of allylic oxidation sites excluding steroid dienone is 1. The summed E-state index contributed by atoms with van der Waals surface area (Å²) in [6, 6.07) is 18.3. The highest BCUT2D eigenvalue weighted by atomic mass is 79.9. The Morgan fingerprint density at radius 1 is 1.22 bits per heavy atom. The number of nitrogens with zero attached hydrogens (tertiary/aromatic N) is 2. The first-order valence-corrected chi connectivity index (χ1v) is 11.5. The molecule has 162 valence electrons. The quantitative estimate of drug-likeness (QED) is 0.573. The SMILES string of the molecule is CCOc1ccccc1C1C(C#N)=C(SCC(=O)Nc2ccc(Br)cc2)NC(=O)C1C#N. The van der Waals surface area contributed by atoms with E-state index in [1.54, 1.807) is 36.4 Å². The van der Waals surface area contributed by atoms with E-state index >= 15 is 0 Å². The molecule has 0 saturated carbocycles. The number of benzene rings is 2. The third-order valence-electron chi connectivity index (χ3n) is 4.70. The van der Waals surface area contributed by atoms with E-state index in [1.165, 1.54) is 0 Å². The second kappa shape index (κ2) is 10.9. The summed E-state index contributed by atoms with van der Waals surface area (Å²) in [7, 11) is 0. The molecule has 0 aliphatic carbocycles. The van der Waals surface area contributed by atoms with E-state index in [9.17, 15) is 20.1 Å². The third-order valence-corrected chi connectivity index (χ3v) is 6.24. The fourth-order valence-electron chi connectivity index (χ4n) is 3.31. The van der Waals surface area contributed by atoms with E-state index in [-0.39, 0.29) is 22.3 Å². The van der Waals surface area contributed by atoms with Gasteiger partial charge in [0.2, 0.25) is 11.8 Å². The number of halogens is 1. The molecule has 2 unspecified atom stereocenters. The fourth-order valence-corrected chi connectivity index (χ4v) is 4.42. The molecule has 0 aromatic heterocycles. The molecule has 0 radical (unpaired) electrons. The van der Waals surface area contributed by atoms with Gasteiger partial charge < -0.3 is 15.4 Å². The number of amides is 2. The van der Waals surface area contributed by atoms with Gasteiger partial charge in [0.15, 0.2) is 0 Å². The first kappa shape index (κ1) is 23.4. The molecule has 2 aromatic rings. The normalized spacial score (nSPS) is 17.7. The van der Waals surface area contributed by atoms with Crippen LogP contribution in [0.2, 0.25) is 0 Å². The van der Waals surface area contributed by atoms with E-state index < -0.39 is 17.7 Å². The highest BCUT2D eigenvalue weighted by Crippen LogP contribution is 2.42. The zero-order valence-electron chi connectivity index (χ0n) is 17.1. The van der Waals surface area contributed by atoms with Crippen molar-refractivity contribution >= 4 is 45.2 Å². The molecule has 0 bridgehead atoms. The van der Waals surface area contributed by atoms with Crippen LogP contribution in [0.4, 0.5) is 5.69 Å². The monoisotopic (exact) mass is 510 g/mol. The molecule has 2 atom stereocenters. The lowest BCUT2D eigenvalue weighted by Crippen LogP contribution is -2.39. The number of rotatable bonds is 7. The molecule has 2 amide bonds. The van der Waals surface area contributed by atoms with Crippen molar-refractivity contribution in [1.29, 1.82) is 10.5 Å². The number of carbonyl (C=O) groups is 2. The standard InChI is InChI=1S/C23H19BrN4O3S/c1-2-31-19-6-4-3-5-16(19)21-17(11-25)22(30)28-23(18(21)12-26)32-13-20(29)27-15-9-7-14(24)8-10-15/h3-10,17,21H,2,13H2,1H3,(H,27,29)(H,28,30). The summed E-state index contributed by atoms with van der Waals surface area (Å²) >= 11 is 4.39. The molecule has 0 spiro atoms. The van der Waals surface area contributed by atoms with Crippen molar-refractivity contribution in [1.82, 2.24) is 5.32 Å². The van der Waals surface area contributed by atoms with Crippen molar-refractivity contribution in [3.8, 4) is 17.9 Å². The molecular formula is C23H19BrN4O3S. The molecular weight excluding hydrogens is 492 g/mol. The predicted octanol–water partition coefficient (Wildman–Crippen LogP) is 4.31. The minimum Gasteiger partial charge on any atom is -0.494 e. The fraction of sp³-hybridized carbons (Fsp3) is 0.217. The second-order valence-electron chi connectivity index (χ2n) is 6.74. The van der Waals surface area contributed by atoms with Gasteiger partial charge in [-0.3, -0.25) is 9.59 Å². The number of nitrogens with one attached hydrogen (secondary N) is 2. The van der Waals surface area contributed by atoms with Crippen LogP contribution in [-0.4, -0.2) is 24.2 Å². The molecule has 1 aliphatic heterocycles. The third kappa shape index (κ3) is 5.31. The van der Waals surface area contributed by atoms with Gasteiger partial charge >= 0.3 is 0 Å². The molecule has 2 aromatic carbocycles. The van der Waals surface area contributed by atoms with E-state index in [0.29, 0.717) is 23.6 Å². The topological polar surface area (TPSA) is 115 Å². The lowest BCUT2D eigenvalue weighted by atomic mass is 9.79. The summed E-state index contributed by atoms with van der Waals surface area (Å²) in [4.78, 5) is 25.1. The highest BCUT2D eigenvalue weighted by molar-refractivity contribution is 9.10. The number of anilines is 1. The maximum absolute atomic E-state index is 12.7. The van der Waals surface area contributed by atoms with Crippen LogP contribution in [0.1, 0.15) is 18.4 Å². The minimum atomic E-state index is -1.09. The number of hydrogen-bond acceptors (Lipinski definition) is 6. The molecule has 2 N–H and O–H groups in total. The van der Waals surface area contributed by atoms with Gasteiger partial charge in [-0.2, -0.15) is 10.5 Å². The van der Waals surface area contributed by atoms with Gasteiger partial charge in [-0.1, -0.05) is 45.9 Å². The Bertz CT molecular complexity index is 1140. The van der Waals surface area contributed by atoms with E-state index in [0.717, 1.165) is 16.2 Å². The molecule has 1 aliphatic rings. The lowest BCUT2D eigenvalue weighted by Gasteiger charge is -2.29. The van der Waals surface area contributed by atoms with Crippen molar-refractivity contribution in [3.05, 3.63) is 69.2 Å². The Hall–Kier alpha value is -3.27. The lowest BCUT2D eigenvalue weighted by molar-refractivity contribution is -0.123. The number of nitriles is 2. The average Bonchev–Trinajstić information content (AvgIpc) is 2.79. The van der Waals surface area contributed by atoms with Gasteiger partial charge in [-0.25, -0.2) is 0 Å². The molecule has 9 heteroatoms. The first-order chi connectivity index (χ1) is 15.5. The van der Waals surface area contributed by atoms with Gasteiger partial charge in [-0.15, -0.1) is 0 Å². The first-order valence-electron chi connectivity index (χ1n) is 9.73. The summed E-state index contributed by atoms with van der Waals surface area (Å²) in [5.74, 6) is -2.19. The maximum Gasteiger partial charge on any atom is 0.243 e. The van der Waals surface area contributed by atoms with Crippen LogP contribution in [0.25, 0.3) is 0 Å². The molecule has 1 heterocycles. The zero-order valence-corrected chi connectivity index (χ0v) is 19.5. The Labute approximate surface area is 198 Å². The second-order valence-corrected chi connectivity index (χ2v) is 8.64. The Kier molecular flexibility index (Phi) is 7.93. The number of carbonyl (C=O) groups excluding carboxylic acids is 2. The average molecular weight is 511 g/mol. The smallest absolute Gasteiger partial charge is 0.243 e. The highest BCUT2D eigenvalue weighted by Gasteiger charge is 2.40. The summed E-state index contributed by atoms with van der Waals surface area (Å²) in [6.07, 6.45) is 0. The van der Waals surface area contributed by atoms with Gasteiger partial charge in [0.05, 0.1) is 41.0 Å². The predicted molar refractivity (Wildman–Crippen MR) is 125 cm³/mol.